The molecule has 0 bridgehead atoms. The average molecular weight is 278 g/mol. The third-order valence-electron chi connectivity index (χ3n) is 2.88. The quantitative estimate of drug-likeness (QED) is 0.678. The molecule has 2 rings (SSSR count). The first-order chi connectivity index (χ1) is 9.47. The zero-order valence-corrected chi connectivity index (χ0v) is 10.6. The number of halogens is 2. The molecule has 20 heavy (non-hydrogen) atoms. The van der Waals surface area contributed by atoms with Gasteiger partial charge in [0.05, 0.1) is 10.6 Å². The van der Waals surface area contributed by atoms with Crippen LogP contribution >= 0.6 is 0 Å². The van der Waals surface area contributed by atoms with Crippen molar-refractivity contribution in [1.82, 2.24) is 0 Å². The highest BCUT2D eigenvalue weighted by atomic mass is 19.1. The van der Waals surface area contributed by atoms with Crippen LogP contribution in [0.25, 0.3) is 0 Å². The van der Waals surface area contributed by atoms with E-state index in [2.05, 4.69) is 5.32 Å². The van der Waals surface area contributed by atoms with Crippen LogP contribution in [0.4, 0.5) is 20.2 Å². The Morgan fingerprint density at radius 3 is 2.60 bits per heavy atom. The molecule has 6 heteroatoms. The highest BCUT2D eigenvalue weighted by Gasteiger charge is 2.13. The van der Waals surface area contributed by atoms with Gasteiger partial charge in [0.25, 0.3) is 5.69 Å². The maximum atomic E-state index is 13.6. The first-order valence-electron chi connectivity index (χ1n) is 5.93. The van der Waals surface area contributed by atoms with Crippen LogP contribution in [0.1, 0.15) is 18.5 Å². The van der Waals surface area contributed by atoms with Crippen molar-refractivity contribution in [2.24, 2.45) is 0 Å². The summed E-state index contributed by atoms with van der Waals surface area (Å²) in [4.78, 5) is 10.1. The fourth-order valence-corrected chi connectivity index (χ4v) is 1.83. The van der Waals surface area contributed by atoms with Crippen LogP contribution in [0.5, 0.6) is 0 Å². The third-order valence-corrected chi connectivity index (χ3v) is 2.88. The molecule has 0 amide bonds. The van der Waals surface area contributed by atoms with Crippen molar-refractivity contribution in [1.29, 1.82) is 0 Å². The maximum Gasteiger partial charge on any atom is 0.271 e. The van der Waals surface area contributed by atoms with E-state index in [-0.39, 0.29) is 17.4 Å². The normalized spacial score (nSPS) is 11.9. The number of benzene rings is 2. The Bertz CT molecular complexity index is 647. The summed E-state index contributed by atoms with van der Waals surface area (Å²) in [5, 5.41) is 13.5. The lowest BCUT2D eigenvalue weighted by Gasteiger charge is -2.16. The molecule has 0 spiro atoms. The Balaban J connectivity index is 2.25. The SMILES string of the molecule is CC(Nc1cc([N+](=O)[O-])ccc1F)c1cccc(F)c1. The van der Waals surface area contributed by atoms with Crippen molar-refractivity contribution >= 4 is 11.4 Å². The van der Waals surface area contributed by atoms with Gasteiger partial charge < -0.3 is 5.32 Å². The minimum absolute atomic E-state index is 0.0101. The summed E-state index contributed by atoms with van der Waals surface area (Å²) in [5.41, 5.74) is 0.423. The fraction of sp³-hybridized carbons (Fsp3) is 0.143. The molecule has 1 unspecified atom stereocenters. The molecule has 0 fully saturated rings. The molecule has 0 aromatic heterocycles. The van der Waals surface area contributed by atoms with Gasteiger partial charge in [-0.25, -0.2) is 8.78 Å². The second-order valence-electron chi connectivity index (χ2n) is 4.34. The number of anilines is 1. The highest BCUT2D eigenvalue weighted by Crippen LogP contribution is 2.25. The number of nitrogens with zero attached hydrogens (tertiary/aromatic N) is 1. The van der Waals surface area contributed by atoms with E-state index in [1.807, 2.05) is 0 Å². The predicted octanol–water partition coefficient (Wildman–Crippen LogP) is 4.05. The van der Waals surface area contributed by atoms with Crippen LogP contribution in [0.2, 0.25) is 0 Å². The lowest BCUT2D eigenvalue weighted by molar-refractivity contribution is -0.384. The molecule has 2 aromatic carbocycles. The third kappa shape index (κ3) is 3.09. The molecule has 0 aliphatic carbocycles. The summed E-state index contributed by atoms with van der Waals surface area (Å²) in [5.74, 6) is -0.991. The lowest BCUT2D eigenvalue weighted by Crippen LogP contribution is -2.08. The average Bonchev–Trinajstić information content (AvgIpc) is 2.41. The van der Waals surface area contributed by atoms with E-state index in [1.165, 1.54) is 12.1 Å². The van der Waals surface area contributed by atoms with Gasteiger partial charge in [-0.1, -0.05) is 12.1 Å². The van der Waals surface area contributed by atoms with E-state index in [1.54, 1.807) is 19.1 Å². The van der Waals surface area contributed by atoms with E-state index in [4.69, 9.17) is 0 Å². The molecule has 4 nitrogen and oxygen atoms in total. The Kier molecular flexibility index (Phi) is 3.93. The minimum Gasteiger partial charge on any atom is -0.376 e. The zero-order valence-electron chi connectivity index (χ0n) is 10.6. The lowest BCUT2D eigenvalue weighted by atomic mass is 10.1. The number of nitrogens with one attached hydrogen (secondary N) is 1. The summed E-state index contributed by atoms with van der Waals surface area (Å²) in [6.45, 7) is 1.72. The second-order valence-corrected chi connectivity index (χ2v) is 4.34. The Morgan fingerprint density at radius 1 is 1.20 bits per heavy atom. The highest BCUT2D eigenvalue weighted by molar-refractivity contribution is 5.53. The molecule has 0 radical (unpaired) electrons. The van der Waals surface area contributed by atoms with Gasteiger partial charge >= 0.3 is 0 Å². The molecule has 2 aromatic rings. The van der Waals surface area contributed by atoms with Gasteiger partial charge in [-0.3, -0.25) is 10.1 Å². The summed E-state index contributed by atoms with van der Waals surface area (Å²) in [6, 6.07) is 8.72. The van der Waals surface area contributed by atoms with E-state index < -0.39 is 16.6 Å². The van der Waals surface area contributed by atoms with E-state index in [0.717, 1.165) is 18.2 Å². The van der Waals surface area contributed by atoms with Crippen LogP contribution in [0.15, 0.2) is 42.5 Å². The summed E-state index contributed by atoms with van der Waals surface area (Å²) in [7, 11) is 0. The first-order valence-corrected chi connectivity index (χ1v) is 5.93. The maximum absolute atomic E-state index is 13.6. The van der Waals surface area contributed by atoms with Gasteiger partial charge in [-0.15, -0.1) is 0 Å². The topological polar surface area (TPSA) is 55.2 Å². The van der Waals surface area contributed by atoms with Gasteiger partial charge in [0.15, 0.2) is 0 Å². The number of hydrogen-bond donors (Lipinski definition) is 1. The van der Waals surface area contributed by atoms with Crippen molar-refractivity contribution in [2.75, 3.05) is 5.32 Å². The second kappa shape index (κ2) is 5.64. The predicted molar refractivity (Wildman–Crippen MR) is 71.5 cm³/mol. The van der Waals surface area contributed by atoms with Crippen LogP contribution < -0.4 is 5.32 Å². The minimum atomic E-state index is -0.600. The largest absolute Gasteiger partial charge is 0.376 e. The summed E-state index contributed by atoms with van der Waals surface area (Å²) in [6.07, 6.45) is 0. The number of nitro benzene ring substituents is 1. The first kappa shape index (κ1) is 13.9. The molecule has 104 valence electrons. The summed E-state index contributed by atoms with van der Waals surface area (Å²) < 4.78 is 26.8. The molecule has 1 N–H and O–H groups in total. The monoisotopic (exact) mass is 278 g/mol. The van der Waals surface area contributed by atoms with Crippen LogP contribution in [0, 0.1) is 21.7 Å². The molecule has 0 aliphatic rings. The molecular weight excluding hydrogens is 266 g/mol. The number of nitro groups is 1. The van der Waals surface area contributed by atoms with Crippen molar-refractivity contribution < 1.29 is 13.7 Å². The van der Waals surface area contributed by atoms with Crippen molar-refractivity contribution in [3.63, 3.8) is 0 Å². The van der Waals surface area contributed by atoms with Gasteiger partial charge in [0.2, 0.25) is 0 Å². The number of rotatable bonds is 4. The Labute approximate surface area is 114 Å². The smallest absolute Gasteiger partial charge is 0.271 e. The standard InChI is InChI=1S/C14H12F2N2O2/c1-9(10-3-2-4-11(15)7-10)17-14-8-12(18(19)20)5-6-13(14)16/h2-9,17H,1H3. The van der Waals surface area contributed by atoms with Crippen molar-refractivity contribution in [2.45, 2.75) is 13.0 Å². The van der Waals surface area contributed by atoms with Gasteiger partial charge in [-0.2, -0.15) is 0 Å². The van der Waals surface area contributed by atoms with Crippen LogP contribution in [-0.2, 0) is 0 Å². The Morgan fingerprint density at radius 2 is 1.95 bits per heavy atom. The molecular formula is C14H12F2N2O2. The van der Waals surface area contributed by atoms with Crippen LogP contribution in [-0.4, -0.2) is 4.92 Å². The Hall–Kier alpha value is -2.50. The number of hydrogen-bond acceptors (Lipinski definition) is 3. The summed E-state index contributed by atoms with van der Waals surface area (Å²) >= 11 is 0. The fourth-order valence-electron chi connectivity index (χ4n) is 1.83. The van der Waals surface area contributed by atoms with E-state index >= 15 is 0 Å². The number of non-ortho nitro benzene ring substituents is 1. The molecule has 0 saturated heterocycles. The van der Waals surface area contributed by atoms with Gasteiger partial charge in [-0.05, 0) is 30.7 Å². The van der Waals surface area contributed by atoms with E-state index in [0.29, 0.717) is 5.56 Å². The molecule has 0 saturated carbocycles. The van der Waals surface area contributed by atoms with Crippen LogP contribution in [0.3, 0.4) is 0 Å². The van der Waals surface area contributed by atoms with Crippen molar-refractivity contribution in [3.05, 3.63) is 69.8 Å². The molecule has 0 aliphatic heterocycles. The zero-order chi connectivity index (χ0) is 14.7. The van der Waals surface area contributed by atoms with Gasteiger partial charge in [0.1, 0.15) is 11.6 Å². The van der Waals surface area contributed by atoms with E-state index in [9.17, 15) is 18.9 Å². The molecule has 1 atom stereocenters. The molecule has 0 heterocycles. The van der Waals surface area contributed by atoms with Crippen molar-refractivity contribution in [3.8, 4) is 0 Å². The van der Waals surface area contributed by atoms with Gasteiger partial charge in [0, 0.05) is 18.2 Å².